The minimum Gasteiger partial charge on any atom is -0.481 e. The van der Waals surface area contributed by atoms with Gasteiger partial charge < -0.3 is 5.11 Å². The van der Waals surface area contributed by atoms with Crippen molar-refractivity contribution < 1.29 is 18.3 Å². The second kappa shape index (κ2) is 6.04. The first-order chi connectivity index (χ1) is 9.02. The Balaban J connectivity index is 2.75. The fourth-order valence-corrected chi connectivity index (χ4v) is 4.09. The lowest BCUT2D eigenvalue weighted by Gasteiger charge is -2.41. The summed E-state index contributed by atoms with van der Waals surface area (Å²) in [5.41, 5.74) is -0.635. The van der Waals surface area contributed by atoms with E-state index < -0.39 is 21.2 Å². The highest BCUT2D eigenvalue weighted by Gasteiger charge is 2.44. The Morgan fingerprint density at radius 3 is 2.10 bits per heavy atom. The number of hydrogen-bond donors (Lipinski definition) is 1. The molecule has 1 fully saturated rings. The van der Waals surface area contributed by atoms with E-state index >= 15 is 0 Å². The monoisotopic (exact) mass is 304 g/mol. The molecule has 1 rings (SSSR count). The Morgan fingerprint density at radius 2 is 1.75 bits per heavy atom. The van der Waals surface area contributed by atoms with E-state index in [2.05, 4.69) is 20.8 Å². The molecule has 0 radical (unpaired) electrons. The first kappa shape index (κ1) is 17.5. The molecule has 0 saturated heterocycles. The maximum atomic E-state index is 11.6. The lowest BCUT2D eigenvalue weighted by molar-refractivity contribution is -0.152. The molecule has 1 aliphatic carbocycles. The Labute approximate surface area is 122 Å². The Bertz CT molecular complexity index is 437. The largest absolute Gasteiger partial charge is 0.481 e. The van der Waals surface area contributed by atoms with Crippen LogP contribution in [0.3, 0.4) is 0 Å². The first-order valence-corrected chi connectivity index (χ1v) is 9.28. The van der Waals surface area contributed by atoms with Gasteiger partial charge in [0.25, 0.3) is 0 Å². The van der Waals surface area contributed by atoms with Crippen LogP contribution in [0.15, 0.2) is 0 Å². The van der Waals surface area contributed by atoms with Crippen molar-refractivity contribution in [2.75, 3.05) is 11.5 Å². The van der Waals surface area contributed by atoms with Crippen LogP contribution in [0.25, 0.3) is 0 Å². The van der Waals surface area contributed by atoms with Gasteiger partial charge in [-0.05, 0) is 43.4 Å². The van der Waals surface area contributed by atoms with Crippen LogP contribution in [0.1, 0.15) is 59.8 Å². The minimum absolute atomic E-state index is 0.00398. The van der Waals surface area contributed by atoms with Crippen LogP contribution in [-0.4, -0.2) is 31.0 Å². The van der Waals surface area contributed by atoms with Crippen LogP contribution in [0.4, 0.5) is 0 Å². The third kappa shape index (κ3) is 4.21. The number of sulfone groups is 1. The maximum absolute atomic E-state index is 11.6. The zero-order chi connectivity index (χ0) is 15.6. The molecule has 0 aromatic heterocycles. The van der Waals surface area contributed by atoms with Gasteiger partial charge in [-0.15, -0.1) is 0 Å². The number of carboxylic acid groups (broad SMARTS) is 1. The van der Waals surface area contributed by atoms with Crippen LogP contribution < -0.4 is 0 Å². The summed E-state index contributed by atoms with van der Waals surface area (Å²) >= 11 is 0. The van der Waals surface area contributed by atoms with E-state index in [0.29, 0.717) is 18.8 Å². The molecule has 118 valence electrons. The predicted molar refractivity (Wildman–Crippen MR) is 80.4 cm³/mol. The minimum atomic E-state index is -3.10. The molecule has 0 unspecified atom stereocenters. The molecule has 0 aromatic carbocycles. The molecule has 1 N–H and O–H groups in total. The van der Waals surface area contributed by atoms with Crippen molar-refractivity contribution in [3.63, 3.8) is 0 Å². The van der Waals surface area contributed by atoms with Gasteiger partial charge in [0.05, 0.1) is 11.2 Å². The molecule has 0 atom stereocenters. The summed E-state index contributed by atoms with van der Waals surface area (Å²) in [5, 5.41) is 9.55. The van der Waals surface area contributed by atoms with Gasteiger partial charge in [0.2, 0.25) is 0 Å². The Morgan fingerprint density at radius 1 is 1.25 bits per heavy atom. The van der Waals surface area contributed by atoms with E-state index in [1.807, 2.05) is 0 Å². The van der Waals surface area contributed by atoms with Gasteiger partial charge in [0, 0.05) is 5.75 Å². The van der Waals surface area contributed by atoms with E-state index in [1.54, 1.807) is 6.92 Å². The molecule has 0 heterocycles. The van der Waals surface area contributed by atoms with E-state index in [1.165, 1.54) is 0 Å². The average Bonchev–Trinajstić information content (AvgIpc) is 2.36. The predicted octanol–water partition coefficient (Wildman–Crippen LogP) is 3.12. The number of aliphatic carboxylic acids is 1. The molecule has 0 bridgehead atoms. The first-order valence-electron chi connectivity index (χ1n) is 7.46. The number of carboxylic acids is 1. The van der Waals surface area contributed by atoms with Crippen LogP contribution in [-0.2, 0) is 14.6 Å². The van der Waals surface area contributed by atoms with Gasteiger partial charge in [-0.25, -0.2) is 8.42 Å². The summed E-state index contributed by atoms with van der Waals surface area (Å²) in [5.74, 6) is -0.211. The van der Waals surface area contributed by atoms with Gasteiger partial charge in [-0.1, -0.05) is 27.7 Å². The van der Waals surface area contributed by atoms with Gasteiger partial charge in [-0.2, -0.15) is 0 Å². The molecular formula is C15H28O4S. The van der Waals surface area contributed by atoms with Crippen molar-refractivity contribution in [3.8, 4) is 0 Å². The lowest BCUT2D eigenvalue weighted by atomic mass is 9.63. The molecule has 0 aromatic rings. The molecule has 1 aliphatic rings. The summed E-state index contributed by atoms with van der Waals surface area (Å²) in [4.78, 5) is 11.6. The molecule has 5 heteroatoms. The molecule has 0 aliphatic heterocycles. The zero-order valence-electron chi connectivity index (χ0n) is 13.1. The summed E-state index contributed by atoms with van der Waals surface area (Å²) in [7, 11) is -3.10. The molecule has 1 saturated carbocycles. The van der Waals surface area contributed by atoms with Crippen LogP contribution in [0.5, 0.6) is 0 Å². The van der Waals surface area contributed by atoms with Crippen molar-refractivity contribution in [2.24, 2.45) is 16.7 Å². The van der Waals surface area contributed by atoms with E-state index in [0.717, 1.165) is 12.8 Å². The third-order valence-corrected chi connectivity index (χ3v) is 6.66. The van der Waals surface area contributed by atoms with E-state index in [9.17, 15) is 18.3 Å². The van der Waals surface area contributed by atoms with E-state index in [-0.39, 0.29) is 23.3 Å². The van der Waals surface area contributed by atoms with Gasteiger partial charge in [0.15, 0.2) is 0 Å². The second-order valence-corrected chi connectivity index (χ2v) is 9.68. The second-order valence-electron chi connectivity index (χ2n) is 7.21. The fourth-order valence-electron chi connectivity index (χ4n) is 3.10. The topological polar surface area (TPSA) is 71.4 Å². The van der Waals surface area contributed by atoms with E-state index in [4.69, 9.17) is 0 Å². The van der Waals surface area contributed by atoms with Crippen molar-refractivity contribution in [1.29, 1.82) is 0 Å². The van der Waals surface area contributed by atoms with Crippen LogP contribution in [0, 0.1) is 16.7 Å². The fraction of sp³-hybridized carbons (Fsp3) is 0.933. The van der Waals surface area contributed by atoms with Crippen LogP contribution in [0.2, 0.25) is 0 Å². The normalized spacial score (nSPS) is 28.3. The van der Waals surface area contributed by atoms with Gasteiger partial charge in [-0.3, -0.25) is 4.79 Å². The number of hydrogen-bond acceptors (Lipinski definition) is 3. The Hall–Kier alpha value is -0.580. The highest BCUT2D eigenvalue weighted by Crippen LogP contribution is 2.47. The van der Waals surface area contributed by atoms with Crippen molar-refractivity contribution in [1.82, 2.24) is 0 Å². The quantitative estimate of drug-likeness (QED) is 0.847. The Kier molecular flexibility index (Phi) is 5.28. The smallest absolute Gasteiger partial charge is 0.309 e. The highest BCUT2D eigenvalue weighted by molar-refractivity contribution is 7.91. The SMILES string of the molecule is CCS(=O)(=O)CCC1(C(=O)O)CCC(C(C)(C)C)CC1. The van der Waals surface area contributed by atoms with Gasteiger partial charge >= 0.3 is 5.97 Å². The summed E-state index contributed by atoms with van der Waals surface area (Å²) in [6.07, 6.45) is 3.21. The van der Waals surface area contributed by atoms with Crippen molar-refractivity contribution in [3.05, 3.63) is 0 Å². The molecule has 4 nitrogen and oxygen atoms in total. The van der Waals surface area contributed by atoms with Crippen LogP contribution >= 0.6 is 0 Å². The lowest BCUT2D eigenvalue weighted by Crippen LogP contribution is -2.39. The van der Waals surface area contributed by atoms with Gasteiger partial charge in [0.1, 0.15) is 9.84 Å². The number of rotatable bonds is 5. The third-order valence-electron chi connectivity index (χ3n) is 4.95. The average molecular weight is 304 g/mol. The van der Waals surface area contributed by atoms with Crippen molar-refractivity contribution in [2.45, 2.75) is 59.8 Å². The summed E-state index contributed by atoms with van der Waals surface area (Å²) in [6, 6.07) is 0. The number of carbonyl (C=O) groups is 1. The zero-order valence-corrected chi connectivity index (χ0v) is 13.9. The summed E-state index contributed by atoms with van der Waals surface area (Å²) in [6.45, 7) is 8.17. The standard InChI is InChI=1S/C15H28O4S/c1-5-20(18,19)11-10-15(13(16)17)8-6-12(7-9-15)14(2,3)4/h12H,5-11H2,1-4H3,(H,16,17). The molecule has 0 amide bonds. The summed E-state index contributed by atoms with van der Waals surface area (Å²) < 4.78 is 23.3. The molecule has 0 spiro atoms. The van der Waals surface area contributed by atoms with Crippen molar-refractivity contribution >= 4 is 15.8 Å². The maximum Gasteiger partial charge on any atom is 0.309 e. The highest BCUT2D eigenvalue weighted by atomic mass is 32.2. The molecular weight excluding hydrogens is 276 g/mol. The molecule has 20 heavy (non-hydrogen) atoms.